The molecule has 1 aliphatic heterocycles. The molecule has 0 radical (unpaired) electrons. The van der Waals surface area contributed by atoms with E-state index < -0.39 is 48.2 Å². The smallest absolute Gasteiger partial charge is 0.328 e. The zero-order chi connectivity index (χ0) is 29.5. The molecular weight excluding hydrogens is 567 g/mol. The van der Waals surface area contributed by atoms with Crippen LogP contribution >= 0.6 is 23.2 Å². The van der Waals surface area contributed by atoms with Crippen LogP contribution in [-0.2, 0) is 28.6 Å². The van der Waals surface area contributed by atoms with E-state index >= 15 is 0 Å². The number of pyridine rings is 1. The topological polar surface area (TPSA) is 95.0 Å². The van der Waals surface area contributed by atoms with Crippen molar-refractivity contribution in [2.75, 3.05) is 6.61 Å². The number of benzene rings is 2. The molecule has 0 bridgehead atoms. The predicted octanol–water partition coefficient (Wildman–Crippen LogP) is 6.43. The first-order valence-corrected chi connectivity index (χ1v) is 14.2. The summed E-state index contributed by atoms with van der Waals surface area (Å²) in [5.41, 5.74) is 1.95. The summed E-state index contributed by atoms with van der Waals surface area (Å²) in [5.74, 6) is -1.62. The van der Waals surface area contributed by atoms with Crippen molar-refractivity contribution in [2.45, 2.75) is 64.0 Å². The highest BCUT2D eigenvalue weighted by molar-refractivity contribution is 6.30. The zero-order valence-corrected chi connectivity index (χ0v) is 24.5. The summed E-state index contributed by atoms with van der Waals surface area (Å²) in [7, 11) is 0. The summed E-state index contributed by atoms with van der Waals surface area (Å²) in [5, 5.41) is 1.05. The number of hydrogen-bond acceptors (Lipinski definition) is 7. The van der Waals surface area contributed by atoms with Crippen LogP contribution in [0.1, 0.15) is 68.6 Å². The highest BCUT2D eigenvalue weighted by atomic mass is 35.5. The molecule has 1 aromatic heterocycles. The first-order valence-electron chi connectivity index (χ1n) is 13.5. The number of aromatic nitrogens is 1. The second kappa shape index (κ2) is 13.9. The summed E-state index contributed by atoms with van der Waals surface area (Å²) in [4.78, 5) is 45.9. The minimum absolute atomic E-state index is 0.153. The van der Waals surface area contributed by atoms with Crippen LogP contribution in [-0.4, -0.2) is 46.5 Å². The lowest BCUT2D eigenvalue weighted by atomic mass is 9.88. The molecule has 0 aliphatic carbocycles. The van der Waals surface area contributed by atoms with E-state index in [4.69, 9.17) is 37.4 Å². The Morgan fingerprint density at radius 2 is 1.54 bits per heavy atom. The zero-order valence-electron chi connectivity index (χ0n) is 23.0. The Balaban J connectivity index is 1.94. The van der Waals surface area contributed by atoms with Gasteiger partial charge in [0.05, 0.1) is 12.6 Å². The van der Waals surface area contributed by atoms with Crippen molar-refractivity contribution >= 4 is 41.0 Å². The Bertz CT molecular complexity index is 1340. The van der Waals surface area contributed by atoms with Crippen LogP contribution in [0.5, 0.6) is 0 Å². The summed E-state index contributed by atoms with van der Waals surface area (Å²) in [6.45, 7) is 5.07. The second-order valence-corrected chi connectivity index (χ2v) is 10.5. The quantitative estimate of drug-likeness (QED) is 0.248. The highest BCUT2D eigenvalue weighted by Gasteiger charge is 2.52. The molecule has 10 heteroatoms. The van der Waals surface area contributed by atoms with Crippen LogP contribution in [0, 0.1) is 0 Å². The fourth-order valence-electron chi connectivity index (χ4n) is 5.10. The average Bonchev–Trinajstić information content (AvgIpc) is 2.96. The lowest BCUT2D eigenvalue weighted by Crippen LogP contribution is -2.58. The predicted molar refractivity (Wildman–Crippen MR) is 154 cm³/mol. The van der Waals surface area contributed by atoms with Gasteiger partial charge in [-0.05, 0) is 66.4 Å². The maximum Gasteiger partial charge on any atom is 0.328 e. The van der Waals surface area contributed by atoms with Gasteiger partial charge in [-0.1, -0.05) is 60.8 Å². The van der Waals surface area contributed by atoms with Crippen molar-refractivity contribution in [1.82, 2.24) is 9.88 Å². The van der Waals surface area contributed by atoms with E-state index in [1.54, 1.807) is 67.8 Å². The lowest BCUT2D eigenvalue weighted by Gasteiger charge is -2.48. The fourth-order valence-corrected chi connectivity index (χ4v) is 5.35. The minimum atomic E-state index is -1.28. The number of carbonyl (C=O) groups excluding carboxylic acids is 3. The summed E-state index contributed by atoms with van der Waals surface area (Å²) < 4.78 is 17.8. The molecule has 4 rings (SSSR count). The van der Waals surface area contributed by atoms with Crippen LogP contribution in [0.15, 0.2) is 73.1 Å². The minimum Gasteiger partial charge on any atom is -0.464 e. The molecule has 0 N–H and O–H groups in total. The molecule has 1 amide bonds. The third kappa shape index (κ3) is 7.07. The maximum absolute atomic E-state index is 14.6. The second-order valence-electron chi connectivity index (χ2n) is 9.64. The molecule has 0 unspecified atom stereocenters. The standard InChI is InChI=1S/C31H32Cl2N2O6/c1-4-6-25(31(38)39-5-2)35-26(20-7-11-23(32)12-8-20)27(21-9-13-24(33)14-10-21)41-29(30(35)37)28(40-19(3)36)22-15-17-34-18-16-22/h7-18,25-29H,4-6H2,1-3H3/t25-,26-,27+,28-,29+/m0/s1. The van der Waals surface area contributed by atoms with Crippen LogP contribution in [0.3, 0.4) is 0 Å². The number of hydrogen-bond donors (Lipinski definition) is 0. The highest BCUT2D eigenvalue weighted by Crippen LogP contribution is 2.46. The first-order chi connectivity index (χ1) is 19.7. The number of ether oxygens (including phenoxy) is 3. The van der Waals surface area contributed by atoms with Gasteiger partial charge in [0.15, 0.2) is 12.2 Å². The van der Waals surface area contributed by atoms with Gasteiger partial charge in [0.1, 0.15) is 12.1 Å². The molecule has 216 valence electrons. The summed E-state index contributed by atoms with van der Waals surface area (Å²) in [6, 6.07) is 15.8. The van der Waals surface area contributed by atoms with Gasteiger partial charge in [-0.2, -0.15) is 0 Å². The Hall–Kier alpha value is -3.46. The fraction of sp³-hybridized carbons (Fsp3) is 0.355. The largest absolute Gasteiger partial charge is 0.464 e. The van der Waals surface area contributed by atoms with Gasteiger partial charge in [0.25, 0.3) is 5.91 Å². The summed E-state index contributed by atoms with van der Waals surface area (Å²) in [6.07, 6.45) is 0.892. The molecule has 41 heavy (non-hydrogen) atoms. The van der Waals surface area contributed by atoms with Crippen molar-refractivity contribution in [3.05, 3.63) is 99.8 Å². The number of carbonyl (C=O) groups is 3. The monoisotopic (exact) mass is 598 g/mol. The molecule has 1 fully saturated rings. The average molecular weight is 600 g/mol. The van der Waals surface area contributed by atoms with Crippen LogP contribution in [0.25, 0.3) is 0 Å². The number of amides is 1. The van der Waals surface area contributed by atoms with Gasteiger partial charge in [0.2, 0.25) is 0 Å². The van der Waals surface area contributed by atoms with Crippen LogP contribution < -0.4 is 0 Å². The molecule has 2 heterocycles. The van der Waals surface area contributed by atoms with Gasteiger partial charge in [-0.15, -0.1) is 0 Å². The Labute approximate surface area is 249 Å². The van der Waals surface area contributed by atoms with Gasteiger partial charge in [-0.3, -0.25) is 14.6 Å². The van der Waals surface area contributed by atoms with Crippen LogP contribution in [0.2, 0.25) is 10.0 Å². The van der Waals surface area contributed by atoms with E-state index in [2.05, 4.69) is 4.98 Å². The summed E-state index contributed by atoms with van der Waals surface area (Å²) >= 11 is 12.4. The third-order valence-corrected chi connectivity index (χ3v) is 7.35. The molecule has 3 aromatic rings. The Morgan fingerprint density at radius 3 is 2.07 bits per heavy atom. The van der Waals surface area contributed by atoms with E-state index in [1.165, 1.54) is 11.8 Å². The number of esters is 2. The molecule has 2 aromatic carbocycles. The maximum atomic E-state index is 14.6. The molecule has 1 aliphatic rings. The number of nitrogens with zero attached hydrogens (tertiary/aromatic N) is 2. The molecular formula is C31H32Cl2N2O6. The van der Waals surface area contributed by atoms with Crippen molar-refractivity contribution in [1.29, 1.82) is 0 Å². The van der Waals surface area contributed by atoms with E-state index in [1.807, 2.05) is 19.1 Å². The van der Waals surface area contributed by atoms with Gasteiger partial charge < -0.3 is 19.1 Å². The molecule has 0 spiro atoms. The third-order valence-electron chi connectivity index (χ3n) is 6.85. The Kier molecular flexibility index (Phi) is 10.4. The van der Waals surface area contributed by atoms with E-state index in [0.717, 1.165) is 0 Å². The lowest BCUT2D eigenvalue weighted by molar-refractivity contribution is -0.203. The number of halogens is 2. The van der Waals surface area contributed by atoms with Crippen molar-refractivity contribution < 1.29 is 28.6 Å². The normalized spacial score (nSPS) is 20.3. The van der Waals surface area contributed by atoms with Gasteiger partial charge in [0, 0.05) is 29.4 Å². The van der Waals surface area contributed by atoms with Gasteiger partial charge >= 0.3 is 11.9 Å². The first kappa shape index (κ1) is 30.5. The number of morpholine rings is 1. The van der Waals surface area contributed by atoms with Gasteiger partial charge in [-0.25, -0.2) is 4.79 Å². The Morgan fingerprint density at radius 1 is 0.951 bits per heavy atom. The van der Waals surface area contributed by atoms with Crippen molar-refractivity contribution in [2.24, 2.45) is 0 Å². The van der Waals surface area contributed by atoms with Crippen LogP contribution in [0.4, 0.5) is 0 Å². The molecule has 8 nitrogen and oxygen atoms in total. The molecule has 0 saturated carbocycles. The van der Waals surface area contributed by atoms with Crippen molar-refractivity contribution in [3.8, 4) is 0 Å². The van der Waals surface area contributed by atoms with E-state index in [-0.39, 0.29) is 6.61 Å². The molecule has 1 saturated heterocycles. The van der Waals surface area contributed by atoms with Crippen molar-refractivity contribution in [3.63, 3.8) is 0 Å². The van der Waals surface area contributed by atoms with E-state index in [9.17, 15) is 14.4 Å². The molecule has 5 atom stereocenters. The number of rotatable bonds is 10. The van der Waals surface area contributed by atoms with E-state index in [0.29, 0.717) is 39.6 Å². The SMILES string of the molecule is CCC[C@@H](C(=O)OCC)N1C(=O)[C@@H]([C@@H](OC(C)=O)c2ccncc2)O[C@H](c2ccc(Cl)cc2)[C@@H]1c1ccc(Cl)cc1.